The fraction of sp³-hybridized carbons (Fsp3) is 0.458. The lowest BCUT2D eigenvalue weighted by molar-refractivity contribution is -0.115. The molecule has 4 rings (SSSR count). The van der Waals surface area contributed by atoms with Crippen LogP contribution in [0.25, 0.3) is 10.2 Å². The largest absolute Gasteiger partial charge is 0.325 e. The zero-order valence-corrected chi connectivity index (χ0v) is 20.8. The van der Waals surface area contributed by atoms with Gasteiger partial charge in [-0.2, -0.15) is 0 Å². The number of benzene rings is 1. The van der Waals surface area contributed by atoms with Crippen molar-refractivity contribution in [3.63, 3.8) is 0 Å². The third-order valence-electron chi connectivity index (χ3n) is 5.77. The minimum absolute atomic E-state index is 0.00149. The van der Waals surface area contributed by atoms with Gasteiger partial charge in [0.1, 0.15) is 10.6 Å². The van der Waals surface area contributed by atoms with Gasteiger partial charge in [-0.05, 0) is 83.4 Å². The van der Waals surface area contributed by atoms with Crippen molar-refractivity contribution < 1.29 is 9.18 Å². The van der Waals surface area contributed by atoms with Crippen LogP contribution in [-0.4, -0.2) is 46.2 Å². The predicted molar refractivity (Wildman–Crippen MR) is 134 cm³/mol. The molecule has 1 atom stereocenters. The van der Waals surface area contributed by atoms with Crippen LogP contribution in [0.15, 0.2) is 34.2 Å². The Hall–Kier alpha value is -2.23. The van der Waals surface area contributed by atoms with E-state index in [-0.39, 0.29) is 11.5 Å². The fourth-order valence-corrected chi connectivity index (χ4v) is 6.31. The van der Waals surface area contributed by atoms with Gasteiger partial charge in [0, 0.05) is 17.1 Å². The maximum absolute atomic E-state index is 13.6. The van der Waals surface area contributed by atoms with Gasteiger partial charge in [-0.25, -0.2) is 9.37 Å². The molecule has 1 aliphatic carbocycles. The molecule has 176 valence electrons. The van der Waals surface area contributed by atoms with Crippen LogP contribution in [0.3, 0.4) is 0 Å². The standard InChI is InChI=1S/C24H29FN4O2S2/c1-15(21(30)26-17-9-6-8-16(25)14-17)32-24-27-22-20(18-10-4-5-11-19(18)33-22)23(31)29(24)13-7-12-28(2)3/h6,8-9,14-15H,4-5,7,10-13H2,1-3H3,(H,26,30). The van der Waals surface area contributed by atoms with Crippen LogP contribution < -0.4 is 10.9 Å². The number of hydrogen-bond acceptors (Lipinski definition) is 6. The number of carbonyl (C=O) groups excluding carboxylic acids is 1. The number of thioether (sulfide) groups is 1. The lowest BCUT2D eigenvalue weighted by Crippen LogP contribution is -2.28. The molecule has 0 saturated heterocycles. The van der Waals surface area contributed by atoms with Crippen molar-refractivity contribution in [2.75, 3.05) is 26.0 Å². The van der Waals surface area contributed by atoms with Gasteiger partial charge in [0.25, 0.3) is 5.56 Å². The molecule has 1 aliphatic rings. The van der Waals surface area contributed by atoms with Gasteiger partial charge in [0.15, 0.2) is 5.16 Å². The Balaban J connectivity index is 1.64. The van der Waals surface area contributed by atoms with E-state index < -0.39 is 11.1 Å². The van der Waals surface area contributed by atoms with E-state index in [9.17, 15) is 14.0 Å². The molecular formula is C24H29FN4O2S2. The number of nitrogens with zero attached hydrogens (tertiary/aromatic N) is 3. The van der Waals surface area contributed by atoms with E-state index in [4.69, 9.17) is 4.98 Å². The number of fused-ring (bicyclic) bond motifs is 3. The molecule has 0 spiro atoms. The number of aryl methyl sites for hydroxylation is 2. The average Bonchev–Trinajstić information content (AvgIpc) is 3.14. The molecule has 3 aromatic rings. The zero-order chi connectivity index (χ0) is 23.5. The number of nitrogens with one attached hydrogen (secondary N) is 1. The second kappa shape index (κ2) is 10.4. The number of aromatic nitrogens is 2. The second-order valence-electron chi connectivity index (χ2n) is 8.66. The highest BCUT2D eigenvalue weighted by Crippen LogP contribution is 2.35. The van der Waals surface area contributed by atoms with E-state index in [1.54, 1.807) is 35.0 Å². The Morgan fingerprint density at radius 2 is 2.12 bits per heavy atom. The Morgan fingerprint density at radius 3 is 2.88 bits per heavy atom. The summed E-state index contributed by atoms with van der Waals surface area (Å²) in [7, 11) is 4.02. The summed E-state index contributed by atoms with van der Waals surface area (Å²) in [5.41, 5.74) is 1.58. The molecule has 1 aromatic carbocycles. The zero-order valence-electron chi connectivity index (χ0n) is 19.2. The van der Waals surface area contributed by atoms with E-state index in [0.717, 1.165) is 48.9 Å². The number of halogens is 1. The summed E-state index contributed by atoms with van der Waals surface area (Å²) < 4.78 is 15.2. The number of anilines is 1. The van der Waals surface area contributed by atoms with Crippen LogP contribution in [0, 0.1) is 5.82 Å². The van der Waals surface area contributed by atoms with Gasteiger partial charge < -0.3 is 10.2 Å². The van der Waals surface area contributed by atoms with Crippen LogP contribution in [0.5, 0.6) is 0 Å². The van der Waals surface area contributed by atoms with Gasteiger partial charge in [-0.3, -0.25) is 14.2 Å². The summed E-state index contributed by atoms with van der Waals surface area (Å²) in [5.74, 6) is -0.665. The van der Waals surface area contributed by atoms with Gasteiger partial charge in [-0.15, -0.1) is 11.3 Å². The van der Waals surface area contributed by atoms with E-state index in [0.29, 0.717) is 17.4 Å². The molecule has 1 amide bonds. The number of amides is 1. The minimum Gasteiger partial charge on any atom is -0.325 e. The summed E-state index contributed by atoms with van der Waals surface area (Å²) in [6, 6.07) is 5.82. The summed E-state index contributed by atoms with van der Waals surface area (Å²) in [5, 5.41) is 3.57. The molecule has 9 heteroatoms. The molecule has 6 nitrogen and oxygen atoms in total. The van der Waals surface area contributed by atoms with Crippen molar-refractivity contribution in [1.82, 2.24) is 14.5 Å². The maximum atomic E-state index is 13.6. The lowest BCUT2D eigenvalue weighted by Gasteiger charge is -2.17. The molecule has 1 unspecified atom stereocenters. The highest BCUT2D eigenvalue weighted by atomic mass is 32.2. The third kappa shape index (κ3) is 5.47. The summed E-state index contributed by atoms with van der Waals surface area (Å²) in [6.45, 7) is 3.18. The topological polar surface area (TPSA) is 67.2 Å². The van der Waals surface area contributed by atoms with Gasteiger partial charge >= 0.3 is 0 Å². The first-order valence-corrected chi connectivity index (χ1v) is 13.0. The Bertz CT molecular complexity index is 1220. The fourth-order valence-electron chi connectivity index (χ4n) is 4.07. The number of carbonyl (C=O) groups is 1. The first kappa shape index (κ1) is 23.9. The normalized spacial score (nSPS) is 14.5. The number of hydrogen-bond donors (Lipinski definition) is 1. The molecule has 2 heterocycles. The monoisotopic (exact) mass is 488 g/mol. The summed E-state index contributed by atoms with van der Waals surface area (Å²) >= 11 is 2.89. The summed E-state index contributed by atoms with van der Waals surface area (Å²) in [6.07, 6.45) is 5.00. The van der Waals surface area contributed by atoms with Crippen LogP contribution in [-0.2, 0) is 24.2 Å². The third-order valence-corrected chi connectivity index (χ3v) is 8.05. The molecule has 33 heavy (non-hydrogen) atoms. The number of thiophene rings is 1. The van der Waals surface area contributed by atoms with Gasteiger partial charge in [0.05, 0.1) is 10.6 Å². The molecule has 0 fully saturated rings. The Labute approximate surface area is 201 Å². The molecule has 0 aliphatic heterocycles. The first-order chi connectivity index (χ1) is 15.8. The molecule has 0 bridgehead atoms. The quantitative estimate of drug-likeness (QED) is 0.372. The van der Waals surface area contributed by atoms with Crippen molar-refractivity contribution >= 4 is 44.9 Å². The van der Waals surface area contributed by atoms with Gasteiger partial charge in [-0.1, -0.05) is 17.8 Å². The number of rotatable bonds is 8. The molecule has 1 N–H and O–H groups in total. The van der Waals surface area contributed by atoms with Crippen molar-refractivity contribution in [1.29, 1.82) is 0 Å². The van der Waals surface area contributed by atoms with E-state index >= 15 is 0 Å². The first-order valence-electron chi connectivity index (χ1n) is 11.3. The molecular weight excluding hydrogens is 459 g/mol. The highest BCUT2D eigenvalue weighted by molar-refractivity contribution is 8.00. The maximum Gasteiger partial charge on any atom is 0.263 e. The molecule has 0 radical (unpaired) electrons. The van der Waals surface area contributed by atoms with E-state index in [1.165, 1.54) is 34.3 Å². The van der Waals surface area contributed by atoms with Crippen LogP contribution >= 0.6 is 23.1 Å². The lowest BCUT2D eigenvalue weighted by atomic mass is 9.97. The highest BCUT2D eigenvalue weighted by Gasteiger charge is 2.24. The molecule has 2 aromatic heterocycles. The second-order valence-corrected chi connectivity index (χ2v) is 11.1. The Morgan fingerprint density at radius 1 is 1.33 bits per heavy atom. The van der Waals surface area contributed by atoms with Crippen LogP contribution in [0.2, 0.25) is 0 Å². The summed E-state index contributed by atoms with van der Waals surface area (Å²) in [4.78, 5) is 35.4. The Kier molecular flexibility index (Phi) is 7.51. The van der Waals surface area contributed by atoms with Crippen molar-refractivity contribution in [2.24, 2.45) is 0 Å². The predicted octanol–water partition coefficient (Wildman–Crippen LogP) is 4.55. The van der Waals surface area contributed by atoms with Crippen molar-refractivity contribution in [2.45, 2.75) is 56.0 Å². The smallest absolute Gasteiger partial charge is 0.263 e. The van der Waals surface area contributed by atoms with Crippen molar-refractivity contribution in [3.05, 3.63) is 50.9 Å². The SMILES string of the molecule is CC(Sc1nc2sc3c(c2c(=O)n1CCCN(C)C)CCCC3)C(=O)Nc1cccc(F)c1. The average molecular weight is 489 g/mol. The molecule has 0 saturated carbocycles. The van der Waals surface area contributed by atoms with E-state index in [1.807, 2.05) is 14.1 Å². The minimum atomic E-state index is -0.507. The van der Waals surface area contributed by atoms with Crippen LogP contribution in [0.1, 0.15) is 36.6 Å². The van der Waals surface area contributed by atoms with E-state index in [2.05, 4.69) is 10.2 Å². The van der Waals surface area contributed by atoms with Crippen molar-refractivity contribution in [3.8, 4) is 0 Å². The van der Waals surface area contributed by atoms with Gasteiger partial charge in [0.2, 0.25) is 5.91 Å². The van der Waals surface area contributed by atoms with Crippen LogP contribution in [0.4, 0.5) is 10.1 Å².